The maximum atomic E-state index is 6.12. The summed E-state index contributed by atoms with van der Waals surface area (Å²) in [6, 6.07) is 0. The Labute approximate surface area is 96.6 Å². The zero-order valence-electron chi connectivity index (χ0n) is 11.3. The van der Waals surface area contributed by atoms with Crippen LogP contribution in [0.5, 0.6) is 0 Å². The van der Waals surface area contributed by atoms with Crippen molar-refractivity contribution in [2.24, 2.45) is 0 Å². The second-order valence-corrected chi connectivity index (χ2v) is 4.55. The lowest BCUT2D eigenvalue weighted by molar-refractivity contribution is -0.0590. The average molecular weight is 214 g/mol. The van der Waals surface area contributed by atoms with E-state index in [4.69, 9.17) is 4.74 Å². The van der Waals surface area contributed by atoms with Gasteiger partial charge < -0.3 is 4.74 Å². The van der Waals surface area contributed by atoms with Crippen molar-refractivity contribution in [2.45, 2.75) is 84.7 Å². The summed E-state index contributed by atoms with van der Waals surface area (Å²) >= 11 is 0. The fourth-order valence-corrected chi connectivity index (χ4v) is 2.15. The van der Waals surface area contributed by atoms with Crippen LogP contribution in [0.25, 0.3) is 0 Å². The summed E-state index contributed by atoms with van der Waals surface area (Å²) in [5.74, 6) is 0. The number of hydrogen-bond acceptors (Lipinski definition) is 1. The van der Waals surface area contributed by atoms with Gasteiger partial charge in [0, 0.05) is 6.61 Å². The Morgan fingerprint density at radius 2 is 1.47 bits per heavy atom. The van der Waals surface area contributed by atoms with E-state index >= 15 is 0 Å². The van der Waals surface area contributed by atoms with Gasteiger partial charge in [0.1, 0.15) is 0 Å². The highest BCUT2D eigenvalue weighted by atomic mass is 16.5. The van der Waals surface area contributed by atoms with Crippen molar-refractivity contribution in [1.29, 1.82) is 0 Å². The molecule has 0 aliphatic carbocycles. The Kier molecular flexibility index (Phi) is 9.18. The number of rotatable bonds is 10. The van der Waals surface area contributed by atoms with Crippen LogP contribution in [0.15, 0.2) is 0 Å². The molecule has 0 heterocycles. The summed E-state index contributed by atoms with van der Waals surface area (Å²) in [7, 11) is 0. The average Bonchev–Trinajstić information content (AvgIpc) is 2.27. The van der Waals surface area contributed by atoms with Gasteiger partial charge in [-0.2, -0.15) is 0 Å². The van der Waals surface area contributed by atoms with E-state index in [-0.39, 0.29) is 5.60 Å². The summed E-state index contributed by atoms with van der Waals surface area (Å²) in [5, 5.41) is 0. The second-order valence-electron chi connectivity index (χ2n) is 4.55. The molecule has 0 spiro atoms. The number of hydrogen-bond donors (Lipinski definition) is 0. The second kappa shape index (κ2) is 9.21. The van der Waals surface area contributed by atoms with Crippen molar-refractivity contribution in [2.75, 3.05) is 6.61 Å². The van der Waals surface area contributed by atoms with Gasteiger partial charge in [0.25, 0.3) is 0 Å². The molecule has 0 radical (unpaired) electrons. The molecule has 0 bridgehead atoms. The van der Waals surface area contributed by atoms with E-state index in [1.165, 1.54) is 38.5 Å². The zero-order chi connectivity index (χ0) is 11.6. The first-order chi connectivity index (χ1) is 7.24. The van der Waals surface area contributed by atoms with Crippen molar-refractivity contribution in [1.82, 2.24) is 0 Å². The molecule has 1 heteroatoms. The van der Waals surface area contributed by atoms with Crippen LogP contribution < -0.4 is 0 Å². The largest absolute Gasteiger partial charge is 0.375 e. The van der Waals surface area contributed by atoms with Crippen LogP contribution in [-0.4, -0.2) is 12.2 Å². The topological polar surface area (TPSA) is 9.23 Å². The molecule has 0 atom stereocenters. The highest BCUT2D eigenvalue weighted by Crippen LogP contribution is 2.26. The molecule has 92 valence electrons. The summed E-state index contributed by atoms with van der Waals surface area (Å²) in [6.45, 7) is 9.97. The summed E-state index contributed by atoms with van der Waals surface area (Å²) < 4.78 is 6.12. The quantitative estimate of drug-likeness (QED) is 0.468. The number of ether oxygens (including phenoxy) is 1. The molecule has 0 aromatic carbocycles. The van der Waals surface area contributed by atoms with Crippen molar-refractivity contribution in [3.8, 4) is 0 Å². The van der Waals surface area contributed by atoms with Crippen molar-refractivity contribution >= 4 is 0 Å². The highest BCUT2D eigenvalue weighted by molar-refractivity contribution is 4.76. The Hall–Kier alpha value is -0.0400. The minimum absolute atomic E-state index is 0.182. The Morgan fingerprint density at radius 1 is 0.800 bits per heavy atom. The molecular weight excluding hydrogens is 184 g/mol. The molecule has 0 aromatic heterocycles. The van der Waals surface area contributed by atoms with Crippen molar-refractivity contribution in [3.63, 3.8) is 0 Å². The molecule has 0 fully saturated rings. The lowest BCUT2D eigenvalue weighted by Gasteiger charge is -2.31. The third-order valence-electron chi connectivity index (χ3n) is 3.40. The number of unbranched alkanes of at least 4 members (excludes halogenated alkanes) is 3. The Bertz CT molecular complexity index is 127. The molecule has 0 saturated heterocycles. The van der Waals surface area contributed by atoms with Crippen LogP contribution in [0.1, 0.15) is 79.1 Å². The van der Waals surface area contributed by atoms with Crippen LogP contribution in [0.4, 0.5) is 0 Å². The van der Waals surface area contributed by atoms with Crippen LogP contribution in [0, 0.1) is 0 Å². The molecule has 0 aliphatic heterocycles. The van der Waals surface area contributed by atoms with Crippen LogP contribution in [0.3, 0.4) is 0 Å². The lowest BCUT2D eigenvalue weighted by Crippen LogP contribution is -2.31. The standard InChI is InChI=1S/C14H30O/c1-5-9-10-11-13-15-14(7-3,8-4)12-6-2/h5-13H2,1-4H3. The van der Waals surface area contributed by atoms with Gasteiger partial charge in [-0.15, -0.1) is 0 Å². The molecule has 1 nitrogen and oxygen atoms in total. The minimum Gasteiger partial charge on any atom is -0.375 e. The first-order valence-corrected chi connectivity index (χ1v) is 6.88. The van der Waals surface area contributed by atoms with Gasteiger partial charge in [0.05, 0.1) is 5.60 Å². The van der Waals surface area contributed by atoms with Gasteiger partial charge in [0.2, 0.25) is 0 Å². The molecule has 0 aromatic rings. The third-order valence-corrected chi connectivity index (χ3v) is 3.40. The predicted octanol–water partition coefficient (Wildman–Crippen LogP) is 4.94. The van der Waals surface area contributed by atoms with Crippen molar-refractivity contribution < 1.29 is 4.74 Å². The van der Waals surface area contributed by atoms with Crippen LogP contribution in [-0.2, 0) is 4.74 Å². The smallest absolute Gasteiger partial charge is 0.0677 e. The molecule has 0 N–H and O–H groups in total. The van der Waals surface area contributed by atoms with Crippen LogP contribution >= 0.6 is 0 Å². The van der Waals surface area contributed by atoms with Gasteiger partial charge in [-0.1, -0.05) is 53.4 Å². The van der Waals surface area contributed by atoms with Crippen LogP contribution in [0.2, 0.25) is 0 Å². The highest BCUT2D eigenvalue weighted by Gasteiger charge is 2.25. The van der Waals surface area contributed by atoms with Gasteiger partial charge >= 0.3 is 0 Å². The van der Waals surface area contributed by atoms with Gasteiger partial charge in [-0.25, -0.2) is 0 Å². The Balaban J connectivity index is 3.74. The van der Waals surface area contributed by atoms with Gasteiger partial charge in [-0.05, 0) is 25.7 Å². The first kappa shape index (κ1) is 15.0. The molecule has 0 saturated carbocycles. The van der Waals surface area contributed by atoms with E-state index in [9.17, 15) is 0 Å². The molecule has 0 rings (SSSR count). The summed E-state index contributed by atoms with van der Waals surface area (Å²) in [5.41, 5.74) is 0.182. The van der Waals surface area contributed by atoms with E-state index in [0.29, 0.717) is 0 Å². The monoisotopic (exact) mass is 214 g/mol. The molecule has 0 aliphatic rings. The zero-order valence-corrected chi connectivity index (χ0v) is 11.3. The maximum Gasteiger partial charge on any atom is 0.0677 e. The fraction of sp³-hybridized carbons (Fsp3) is 1.00. The van der Waals surface area contributed by atoms with E-state index < -0.39 is 0 Å². The minimum atomic E-state index is 0.182. The van der Waals surface area contributed by atoms with Crippen molar-refractivity contribution in [3.05, 3.63) is 0 Å². The van der Waals surface area contributed by atoms with Gasteiger partial charge in [-0.3, -0.25) is 0 Å². The molecule has 15 heavy (non-hydrogen) atoms. The summed E-state index contributed by atoms with van der Waals surface area (Å²) in [6.07, 6.45) is 9.98. The normalized spacial score (nSPS) is 12.0. The van der Waals surface area contributed by atoms with E-state index in [2.05, 4.69) is 27.7 Å². The lowest BCUT2D eigenvalue weighted by atomic mass is 9.92. The van der Waals surface area contributed by atoms with E-state index in [1.807, 2.05) is 0 Å². The van der Waals surface area contributed by atoms with Gasteiger partial charge in [0.15, 0.2) is 0 Å². The fourth-order valence-electron chi connectivity index (χ4n) is 2.15. The Morgan fingerprint density at radius 3 is 1.93 bits per heavy atom. The predicted molar refractivity (Wildman–Crippen MR) is 68.3 cm³/mol. The molecule has 0 unspecified atom stereocenters. The van der Waals surface area contributed by atoms with E-state index in [1.54, 1.807) is 0 Å². The van der Waals surface area contributed by atoms with E-state index in [0.717, 1.165) is 19.4 Å². The maximum absolute atomic E-state index is 6.12. The molecule has 0 amide bonds. The SMILES string of the molecule is CCCCCCOC(CC)(CC)CCC. The third kappa shape index (κ3) is 6.19. The molecular formula is C14H30O. The first-order valence-electron chi connectivity index (χ1n) is 6.88. The summed E-state index contributed by atoms with van der Waals surface area (Å²) in [4.78, 5) is 0.